The van der Waals surface area contributed by atoms with Gasteiger partial charge in [-0.1, -0.05) is 31.2 Å². The minimum atomic E-state index is -1.41. The van der Waals surface area contributed by atoms with Crippen LogP contribution in [-0.2, 0) is 17.6 Å². The van der Waals surface area contributed by atoms with Gasteiger partial charge in [0.2, 0.25) is 12.2 Å². The normalized spacial score (nSPS) is 25.2. The third-order valence-corrected chi connectivity index (χ3v) is 4.49. The van der Waals surface area contributed by atoms with Gasteiger partial charge in [0.15, 0.2) is 0 Å². The molecule has 3 rings (SSSR count). The summed E-state index contributed by atoms with van der Waals surface area (Å²) in [6, 6.07) is 8.29. The molecule has 0 bridgehead atoms. The Labute approximate surface area is 157 Å². The summed E-state index contributed by atoms with van der Waals surface area (Å²) in [6.07, 6.45) is -2.04. The quantitative estimate of drug-likeness (QED) is 0.666. The monoisotopic (exact) mass is 376 g/mol. The third kappa shape index (κ3) is 4.54. The maximum atomic E-state index is 10.1. The maximum Gasteiger partial charge on any atom is 0.319 e. The molecule has 0 spiro atoms. The Balaban J connectivity index is 1.82. The van der Waals surface area contributed by atoms with E-state index < -0.39 is 24.6 Å². The van der Waals surface area contributed by atoms with Crippen molar-refractivity contribution >= 4 is 0 Å². The van der Waals surface area contributed by atoms with Gasteiger partial charge in [0, 0.05) is 18.2 Å². The molecule has 2 aromatic rings. The number of ether oxygens (including phenoxy) is 3. The maximum absolute atomic E-state index is 10.1. The van der Waals surface area contributed by atoms with Crippen LogP contribution in [0.1, 0.15) is 23.6 Å². The van der Waals surface area contributed by atoms with Gasteiger partial charge < -0.3 is 29.5 Å². The molecule has 1 aromatic heterocycles. The van der Waals surface area contributed by atoms with E-state index >= 15 is 0 Å². The molecule has 4 atom stereocenters. The van der Waals surface area contributed by atoms with Crippen LogP contribution in [0, 0.1) is 0 Å². The average Bonchev–Trinajstić information content (AvgIpc) is 2.70. The number of nitrogens with zero attached hydrogens (tertiary/aromatic N) is 2. The third-order valence-electron chi connectivity index (χ3n) is 4.49. The van der Waals surface area contributed by atoms with Crippen molar-refractivity contribution in [2.45, 2.75) is 44.4 Å². The number of aliphatic hydroxyl groups is 3. The molecule has 0 radical (unpaired) electrons. The van der Waals surface area contributed by atoms with Crippen molar-refractivity contribution in [3.8, 4) is 11.9 Å². The number of aryl methyl sites for hydroxylation is 1. The van der Waals surface area contributed by atoms with E-state index in [0.29, 0.717) is 12.0 Å². The topological polar surface area (TPSA) is 114 Å². The SMILES string of the molecule is CCc1ccc(Cc2cnc(OC)nc2O[C@@H]2OC[C@H](O)[C@H](O)[C@H]2O)cc1. The number of methoxy groups -OCH3 is 1. The van der Waals surface area contributed by atoms with Crippen molar-refractivity contribution in [3.63, 3.8) is 0 Å². The molecule has 3 N–H and O–H groups in total. The van der Waals surface area contributed by atoms with E-state index in [2.05, 4.69) is 29.0 Å². The molecule has 146 valence electrons. The first kappa shape index (κ1) is 19.5. The zero-order chi connectivity index (χ0) is 19.4. The highest BCUT2D eigenvalue weighted by atomic mass is 16.7. The fraction of sp³-hybridized carbons (Fsp3) is 0.474. The summed E-state index contributed by atoms with van der Waals surface area (Å²) in [5, 5.41) is 29.5. The van der Waals surface area contributed by atoms with Crippen molar-refractivity contribution < 1.29 is 29.5 Å². The molecule has 1 saturated heterocycles. The van der Waals surface area contributed by atoms with Crippen LogP contribution in [0.3, 0.4) is 0 Å². The molecule has 1 aliphatic rings. The van der Waals surface area contributed by atoms with E-state index in [-0.39, 0.29) is 18.5 Å². The highest BCUT2D eigenvalue weighted by molar-refractivity contribution is 5.33. The molecular weight excluding hydrogens is 352 g/mol. The molecule has 1 aliphatic heterocycles. The number of hydrogen-bond donors (Lipinski definition) is 3. The Bertz CT molecular complexity index is 754. The van der Waals surface area contributed by atoms with Gasteiger partial charge in [0.05, 0.1) is 13.7 Å². The number of hydrogen-bond acceptors (Lipinski definition) is 8. The Morgan fingerprint density at radius 1 is 1.11 bits per heavy atom. The Morgan fingerprint density at radius 2 is 1.81 bits per heavy atom. The van der Waals surface area contributed by atoms with E-state index in [9.17, 15) is 15.3 Å². The van der Waals surface area contributed by atoms with Crippen LogP contribution in [0.15, 0.2) is 30.5 Å². The Kier molecular flexibility index (Phi) is 6.22. The summed E-state index contributed by atoms with van der Waals surface area (Å²) in [5.41, 5.74) is 2.97. The van der Waals surface area contributed by atoms with Crippen LogP contribution in [0.5, 0.6) is 11.9 Å². The van der Waals surface area contributed by atoms with Crippen LogP contribution in [0.25, 0.3) is 0 Å². The second kappa shape index (κ2) is 8.62. The largest absolute Gasteiger partial charge is 0.467 e. The lowest BCUT2D eigenvalue weighted by molar-refractivity contribution is -0.242. The van der Waals surface area contributed by atoms with E-state index in [0.717, 1.165) is 12.0 Å². The van der Waals surface area contributed by atoms with Gasteiger partial charge in [-0.3, -0.25) is 0 Å². The van der Waals surface area contributed by atoms with Crippen molar-refractivity contribution in [3.05, 3.63) is 47.2 Å². The lowest BCUT2D eigenvalue weighted by Crippen LogP contribution is -2.54. The predicted octanol–water partition coefficient (Wildman–Crippen LogP) is 0.456. The predicted molar refractivity (Wildman–Crippen MR) is 95.6 cm³/mol. The van der Waals surface area contributed by atoms with E-state index in [1.807, 2.05) is 12.1 Å². The second-order valence-electron chi connectivity index (χ2n) is 6.40. The van der Waals surface area contributed by atoms with Gasteiger partial charge in [-0.15, -0.1) is 0 Å². The lowest BCUT2D eigenvalue weighted by atomic mass is 10.0. The minimum Gasteiger partial charge on any atom is -0.467 e. The van der Waals surface area contributed by atoms with Crippen molar-refractivity contribution in [1.29, 1.82) is 0 Å². The molecule has 8 nitrogen and oxygen atoms in total. The number of benzene rings is 1. The highest BCUT2D eigenvalue weighted by Crippen LogP contribution is 2.25. The summed E-state index contributed by atoms with van der Waals surface area (Å²) >= 11 is 0. The van der Waals surface area contributed by atoms with Crippen LogP contribution in [-0.4, -0.2) is 63.6 Å². The molecule has 0 saturated carbocycles. The summed E-state index contributed by atoms with van der Waals surface area (Å²) in [5.74, 6) is 0.189. The van der Waals surface area contributed by atoms with Gasteiger partial charge in [0.25, 0.3) is 0 Å². The fourth-order valence-corrected chi connectivity index (χ4v) is 2.80. The molecule has 0 aliphatic carbocycles. The van der Waals surface area contributed by atoms with Crippen molar-refractivity contribution in [1.82, 2.24) is 9.97 Å². The first-order chi connectivity index (χ1) is 13.0. The molecule has 0 unspecified atom stereocenters. The summed E-state index contributed by atoms with van der Waals surface area (Å²) in [6.45, 7) is 1.94. The lowest BCUT2D eigenvalue weighted by Gasteiger charge is -2.34. The highest BCUT2D eigenvalue weighted by Gasteiger charge is 2.39. The molecule has 0 amide bonds. The zero-order valence-electron chi connectivity index (χ0n) is 15.3. The minimum absolute atomic E-state index is 0.112. The number of aliphatic hydroxyl groups excluding tert-OH is 3. The Morgan fingerprint density at radius 3 is 2.48 bits per heavy atom. The van der Waals surface area contributed by atoms with E-state index in [1.165, 1.54) is 12.7 Å². The van der Waals surface area contributed by atoms with Gasteiger partial charge in [0.1, 0.15) is 18.3 Å². The summed E-state index contributed by atoms with van der Waals surface area (Å²) in [7, 11) is 1.44. The van der Waals surface area contributed by atoms with Crippen LogP contribution in [0.2, 0.25) is 0 Å². The van der Waals surface area contributed by atoms with Gasteiger partial charge in [-0.2, -0.15) is 4.98 Å². The molecule has 1 fully saturated rings. The fourth-order valence-electron chi connectivity index (χ4n) is 2.80. The molecule has 8 heteroatoms. The molecule has 1 aromatic carbocycles. The van der Waals surface area contributed by atoms with Gasteiger partial charge in [-0.05, 0) is 17.5 Å². The average molecular weight is 376 g/mol. The second-order valence-corrected chi connectivity index (χ2v) is 6.40. The number of aromatic nitrogens is 2. The molecular formula is C19H24N2O6. The zero-order valence-corrected chi connectivity index (χ0v) is 15.3. The smallest absolute Gasteiger partial charge is 0.319 e. The first-order valence-corrected chi connectivity index (χ1v) is 8.82. The molecule has 27 heavy (non-hydrogen) atoms. The van der Waals surface area contributed by atoms with Gasteiger partial charge in [-0.25, -0.2) is 4.98 Å². The summed E-state index contributed by atoms with van der Waals surface area (Å²) in [4.78, 5) is 8.32. The van der Waals surface area contributed by atoms with Crippen molar-refractivity contribution in [2.75, 3.05) is 13.7 Å². The first-order valence-electron chi connectivity index (χ1n) is 8.82. The van der Waals surface area contributed by atoms with E-state index in [4.69, 9.17) is 14.2 Å². The van der Waals surface area contributed by atoms with Gasteiger partial charge >= 0.3 is 6.01 Å². The van der Waals surface area contributed by atoms with E-state index in [1.54, 1.807) is 6.20 Å². The van der Waals surface area contributed by atoms with Crippen LogP contribution < -0.4 is 9.47 Å². The van der Waals surface area contributed by atoms with Crippen molar-refractivity contribution in [2.24, 2.45) is 0 Å². The summed E-state index contributed by atoms with van der Waals surface area (Å²) < 4.78 is 16.1. The number of rotatable bonds is 6. The Hall–Kier alpha value is -2.26. The standard InChI is InChI=1S/C19H24N2O6/c1-3-11-4-6-12(7-5-11)8-13-9-20-19(25-2)21-17(13)27-18-16(24)15(23)14(22)10-26-18/h4-7,9,14-16,18,22-24H,3,8,10H2,1-2H3/t14-,15-,16+,18-/m0/s1. The van der Waals surface area contributed by atoms with Crippen LogP contribution >= 0.6 is 0 Å². The van der Waals surface area contributed by atoms with Crippen LogP contribution in [0.4, 0.5) is 0 Å². The molecule has 2 heterocycles.